The molecule has 0 radical (unpaired) electrons. The van der Waals surface area contributed by atoms with E-state index in [1.807, 2.05) is 37.3 Å². The fraction of sp³-hybridized carbons (Fsp3) is 0.323. The van der Waals surface area contributed by atoms with Gasteiger partial charge in [-0.1, -0.05) is 65.0 Å². The Bertz CT molecular complexity index is 1630. The van der Waals surface area contributed by atoms with Gasteiger partial charge < -0.3 is 9.47 Å². The first-order valence-corrected chi connectivity index (χ1v) is 15.8. The predicted molar refractivity (Wildman–Crippen MR) is 171 cm³/mol. The molecular weight excluding hydrogens is 702 g/mol. The molecule has 0 aliphatic heterocycles. The van der Waals surface area contributed by atoms with Crippen LogP contribution in [0.4, 0.5) is 0 Å². The zero-order valence-corrected chi connectivity index (χ0v) is 27.2. The highest BCUT2D eigenvalue weighted by molar-refractivity contribution is 9.13. The Morgan fingerprint density at radius 3 is 2.58 bits per heavy atom. The lowest BCUT2D eigenvalue weighted by Gasteiger charge is -2.23. The van der Waals surface area contributed by atoms with Crippen molar-refractivity contribution in [1.29, 1.82) is 0 Å². The third-order valence-electron chi connectivity index (χ3n) is 7.04. The zero-order chi connectivity index (χ0) is 28.2. The molecule has 40 heavy (non-hydrogen) atoms. The van der Waals surface area contributed by atoms with Crippen molar-refractivity contribution in [3.63, 3.8) is 0 Å². The van der Waals surface area contributed by atoms with Gasteiger partial charge in [0, 0.05) is 20.4 Å². The van der Waals surface area contributed by atoms with Gasteiger partial charge in [-0.3, -0.25) is 4.79 Å². The third-order valence-corrected chi connectivity index (χ3v) is 9.67. The highest BCUT2D eigenvalue weighted by Crippen LogP contribution is 2.43. The molecule has 5 rings (SSSR count). The van der Waals surface area contributed by atoms with Crippen molar-refractivity contribution in [1.82, 2.24) is 9.66 Å². The number of halogens is 3. The first-order chi connectivity index (χ1) is 19.4. The van der Waals surface area contributed by atoms with Gasteiger partial charge >= 0.3 is 0 Å². The highest BCUT2D eigenvalue weighted by Gasteiger charge is 2.23. The largest absolute Gasteiger partial charge is 0.490 e. The van der Waals surface area contributed by atoms with Gasteiger partial charge in [0.1, 0.15) is 12.4 Å². The standard InChI is InChI=1S/C31H30Br3N3O3/c1-3-39-26-15-22(27(33)28(34)29(26)40-18-20-9-7-8-19(2)14-20)17-35-37-30(21-10-5-4-6-11-21)36-25-13-12-23(32)16-24(25)31(37)38/h7-9,12-17,21H,3-6,10-11,18H2,1-2H3. The Labute approximate surface area is 259 Å². The molecule has 0 N–H and O–H groups in total. The summed E-state index contributed by atoms with van der Waals surface area (Å²) in [5.74, 6) is 2.10. The normalized spacial score (nSPS) is 14.2. The van der Waals surface area contributed by atoms with E-state index in [0.29, 0.717) is 45.9 Å². The van der Waals surface area contributed by atoms with Crippen LogP contribution in [0, 0.1) is 6.92 Å². The quantitative estimate of drug-likeness (QED) is 0.170. The SMILES string of the molecule is CCOc1cc(C=Nn2c(C3CCCCC3)nc3ccc(Br)cc3c2=O)c(Br)c(Br)c1OCc1cccc(C)c1. The lowest BCUT2D eigenvalue weighted by Crippen LogP contribution is -2.25. The molecular formula is C31H30Br3N3O3. The Hall–Kier alpha value is -2.49. The number of hydrogen-bond donors (Lipinski definition) is 0. The number of fused-ring (bicyclic) bond motifs is 1. The van der Waals surface area contributed by atoms with Gasteiger partial charge in [-0.25, -0.2) is 4.98 Å². The van der Waals surface area contributed by atoms with E-state index in [2.05, 4.69) is 66.8 Å². The summed E-state index contributed by atoms with van der Waals surface area (Å²) < 4.78 is 16.0. The number of benzene rings is 3. The second-order valence-electron chi connectivity index (χ2n) is 9.96. The van der Waals surface area contributed by atoms with Crippen molar-refractivity contribution < 1.29 is 9.47 Å². The van der Waals surface area contributed by atoms with E-state index in [-0.39, 0.29) is 11.5 Å². The molecule has 0 bridgehead atoms. The molecule has 208 valence electrons. The van der Waals surface area contributed by atoms with E-state index in [1.54, 1.807) is 12.3 Å². The summed E-state index contributed by atoms with van der Waals surface area (Å²) in [6.07, 6.45) is 7.15. The van der Waals surface area contributed by atoms with E-state index in [9.17, 15) is 4.79 Å². The Balaban J connectivity index is 1.55. The maximum absolute atomic E-state index is 13.7. The van der Waals surface area contributed by atoms with Crippen LogP contribution in [-0.2, 0) is 6.61 Å². The van der Waals surface area contributed by atoms with E-state index < -0.39 is 0 Å². The minimum Gasteiger partial charge on any atom is -0.490 e. The first kappa shape index (κ1) is 29.0. The number of nitrogens with zero attached hydrogens (tertiary/aromatic N) is 3. The molecule has 1 heterocycles. The fourth-order valence-corrected chi connectivity index (χ4v) is 6.37. The van der Waals surface area contributed by atoms with Crippen molar-refractivity contribution in [2.24, 2.45) is 5.10 Å². The summed E-state index contributed by atoms with van der Waals surface area (Å²) >= 11 is 10.9. The van der Waals surface area contributed by atoms with Crippen LogP contribution in [0.5, 0.6) is 11.5 Å². The minimum atomic E-state index is -0.179. The van der Waals surface area contributed by atoms with Gasteiger partial charge in [-0.2, -0.15) is 9.78 Å². The second-order valence-corrected chi connectivity index (χ2v) is 12.5. The smallest absolute Gasteiger partial charge is 0.282 e. The molecule has 1 aromatic heterocycles. The molecule has 1 aliphatic carbocycles. The minimum absolute atomic E-state index is 0.179. The number of rotatable bonds is 8. The summed E-state index contributed by atoms with van der Waals surface area (Å²) in [6, 6.07) is 15.7. The van der Waals surface area contributed by atoms with Gasteiger partial charge in [0.2, 0.25) is 0 Å². The number of ether oxygens (including phenoxy) is 2. The van der Waals surface area contributed by atoms with Gasteiger partial charge in [-0.05, 0) is 88.4 Å². The van der Waals surface area contributed by atoms with Crippen molar-refractivity contribution >= 4 is 64.9 Å². The third kappa shape index (κ3) is 6.37. The Morgan fingerprint density at radius 2 is 1.82 bits per heavy atom. The summed E-state index contributed by atoms with van der Waals surface area (Å²) in [5.41, 5.74) is 3.51. The topological polar surface area (TPSA) is 65.7 Å². The molecule has 0 atom stereocenters. The molecule has 1 aliphatic rings. The maximum Gasteiger partial charge on any atom is 0.282 e. The fourth-order valence-electron chi connectivity index (χ4n) is 5.08. The van der Waals surface area contributed by atoms with Crippen molar-refractivity contribution in [3.8, 4) is 11.5 Å². The van der Waals surface area contributed by atoms with Crippen LogP contribution in [0.1, 0.15) is 67.5 Å². The zero-order valence-electron chi connectivity index (χ0n) is 22.4. The van der Waals surface area contributed by atoms with E-state index in [0.717, 1.165) is 45.8 Å². The van der Waals surface area contributed by atoms with Crippen LogP contribution in [0.3, 0.4) is 0 Å². The first-order valence-electron chi connectivity index (χ1n) is 13.5. The Kier molecular flexibility index (Phi) is 9.43. The van der Waals surface area contributed by atoms with E-state index >= 15 is 0 Å². The molecule has 4 aromatic rings. The monoisotopic (exact) mass is 729 g/mol. The molecule has 6 nitrogen and oxygen atoms in total. The van der Waals surface area contributed by atoms with Gasteiger partial charge in [-0.15, -0.1) is 0 Å². The van der Waals surface area contributed by atoms with Crippen LogP contribution in [-0.4, -0.2) is 22.5 Å². The molecule has 0 saturated heterocycles. The van der Waals surface area contributed by atoms with Crippen LogP contribution in [0.15, 0.2) is 71.8 Å². The number of hydrogen-bond acceptors (Lipinski definition) is 5. The lowest BCUT2D eigenvalue weighted by molar-refractivity contribution is 0.267. The van der Waals surface area contributed by atoms with Crippen molar-refractivity contribution in [2.45, 2.75) is 58.5 Å². The van der Waals surface area contributed by atoms with Gasteiger partial charge in [0.15, 0.2) is 11.5 Å². The maximum atomic E-state index is 13.7. The Morgan fingerprint density at radius 1 is 1.02 bits per heavy atom. The summed E-state index contributed by atoms with van der Waals surface area (Å²) in [4.78, 5) is 18.6. The van der Waals surface area contributed by atoms with Crippen LogP contribution in [0.25, 0.3) is 10.9 Å². The molecule has 1 saturated carbocycles. The molecule has 0 amide bonds. The summed E-state index contributed by atoms with van der Waals surface area (Å²) in [5, 5.41) is 5.25. The molecule has 0 spiro atoms. The van der Waals surface area contributed by atoms with Crippen LogP contribution in [0.2, 0.25) is 0 Å². The lowest BCUT2D eigenvalue weighted by atomic mass is 9.88. The number of aromatic nitrogens is 2. The average Bonchev–Trinajstić information content (AvgIpc) is 2.95. The average molecular weight is 732 g/mol. The number of aryl methyl sites for hydroxylation is 1. The molecule has 3 aromatic carbocycles. The van der Waals surface area contributed by atoms with Gasteiger partial charge in [0.25, 0.3) is 5.56 Å². The molecule has 1 fully saturated rings. The van der Waals surface area contributed by atoms with Gasteiger partial charge in [0.05, 0.1) is 28.2 Å². The van der Waals surface area contributed by atoms with Crippen molar-refractivity contribution in [3.05, 3.63) is 94.8 Å². The van der Waals surface area contributed by atoms with Crippen LogP contribution >= 0.6 is 47.8 Å². The van der Waals surface area contributed by atoms with Crippen LogP contribution < -0.4 is 15.0 Å². The highest BCUT2D eigenvalue weighted by atomic mass is 79.9. The summed E-state index contributed by atoms with van der Waals surface area (Å²) in [6.45, 7) is 4.87. The molecule has 9 heteroatoms. The molecule has 0 unspecified atom stereocenters. The van der Waals surface area contributed by atoms with E-state index in [1.165, 1.54) is 16.7 Å². The summed E-state index contributed by atoms with van der Waals surface area (Å²) in [7, 11) is 0. The van der Waals surface area contributed by atoms with Crippen molar-refractivity contribution in [2.75, 3.05) is 6.61 Å². The van der Waals surface area contributed by atoms with E-state index in [4.69, 9.17) is 19.6 Å². The predicted octanol–water partition coefficient (Wildman–Crippen LogP) is 8.90. The second kappa shape index (κ2) is 13.0.